The number of hydrogen-bond donors (Lipinski definition) is 1. The van der Waals surface area contributed by atoms with Crippen LogP contribution in [-0.4, -0.2) is 16.9 Å². The maximum Gasteiger partial charge on any atom is 0.270 e. The van der Waals surface area contributed by atoms with Crippen LogP contribution in [0.4, 0.5) is 10.1 Å². The van der Waals surface area contributed by atoms with E-state index in [4.69, 9.17) is 16.6 Å². The van der Waals surface area contributed by atoms with Gasteiger partial charge in [0.15, 0.2) is 5.11 Å². The fourth-order valence-corrected chi connectivity index (χ4v) is 3.52. The Bertz CT molecular complexity index is 1180. The zero-order chi connectivity index (χ0) is 21.3. The van der Waals surface area contributed by atoms with E-state index in [2.05, 4.69) is 5.32 Å². The van der Waals surface area contributed by atoms with Crippen molar-refractivity contribution in [3.05, 3.63) is 83.4 Å². The molecular formula is C23H17FN2O3S. The standard InChI is InChI=1S/C23H17FN2O3S/c1-2-14-5-3-4-6-19(14)26-22(28)18(21(27)25-23(26)30)13-17-11-12-20(29-17)15-7-9-16(24)10-8-15/h3-13H,2H2,1H3,(H,25,27,30)/b18-13+. The first kappa shape index (κ1) is 19.7. The normalized spacial score (nSPS) is 15.6. The molecule has 2 aromatic carbocycles. The molecule has 0 saturated carbocycles. The summed E-state index contributed by atoms with van der Waals surface area (Å²) in [6.07, 6.45) is 2.09. The van der Waals surface area contributed by atoms with Crippen LogP contribution in [0.25, 0.3) is 17.4 Å². The summed E-state index contributed by atoms with van der Waals surface area (Å²) in [5, 5.41) is 2.61. The van der Waals surface area contributed by atoms with Crippen LogP contribution in [0, 0.1) is 5.82 Å². The molecule has 0 aliphatic carbocycles. The summed E-state index contributed by atoms with van der Waals surface area (Å²) in [4.78, 5) is 27.0. The topological polar surface area (TPSA) is 62.6 Å². The third-order valence-corrected chi connectivity index (χ3v) is 5.04. The molecule has 7 heteroatoms. The first-order valence-electron chi connectivity index (χ1n) is 9.33. The van der Waals surface area contributed by atoms with Crippen molar-refractivity contribution >= 4 is 40.9 Å². The molecule has 1 fully saturated rings. The van der Waals surface area contributed by atoms with Crippen molar-refractivity contribution in [2.45, 2.75) is 13.3 Å². The third kappa shape index (κ3) is 3.67. The number of nitrogens with one attached hydrogen (secondary N) is 1. The Labute approximate surface area is 177 Å². The van der Waals surface area contributed by atoms with Gasteiger partial charge in [0, 0.05) is 5.56 Å². The van der Waals surface area contributed by atoms with Gasteiger partial charge in [0.2, 0.25) is 0 Å². The minimum absolute atomic E-state index is 0.0366. The number of nitrogens with zero attached hydrogens (tertiary/aromatic N) is 1. The summed E-state index contributed by atoms with van der Waals surface area (Å²) in [6.45, 7) is 1.98. The molecule has 0 atom stereocenters. The first-order valence-corrected chi connectivity index (χ1v) is 9.74. The molecule has 1 saturated heterocycles. The van der Waals surface area contributed by atoms with Gasteiger partial charge >= 0.3 is 0 Å². The van der Waals surface area contributed by atoms with Crippen LogP contribution in [0.3, 0.4) is 0 Å². The Hall–Kier alpha value is -3.58. The van der Waals surface area contributed by atoms with E-state index >= 15 is 0 Å². The number of aryl methyl sites for hydroxylation is 1. The highest BCUT2D eigenvalue weighted by Gasteiger charge is 2.35. The van der Waals surface area contributed by atoms with Gasteiger partial charge in [-0.05, 0) is 72.7 Å². The monoisotopic (exact) mass is 420 g/mol. The average molecular weight is 420 g/mol. The van der Waals surface area contributed by atoms with Crippen molar-refractivity contribution < 1.29 is 18.4 Å². The Kier molecular flexibility index (Phi) is 5.29. The lowest BCUT2D eigenvalue weighted by Gasteiger charge is -2.30. The highest BCUT2D eigenvalue weighted by Crippen LogP contribution is 2.28. The molecule has 5 nitrogen and oxygen atoms in total. The number of carbonyl (C=O) groups excluding carboxylic acids is 2. The highest BCUT2D eigenvalue weighted by atomic mass is 32.1. The van der Waals surface area contributed by atoms with Crippen molar-refractivity contribution in [2.24, 2.45) is 0 Å². The van der Waals surface area contributed by atoms with E-state index in [1.54, 1.807) is 30.3 Å². The molecule has 150 valence electrons. The van der Waals surface area contributed by atoms with Crippen molar-refractivity contribution in [2.75, 3.05) is 4.90 Å². The minimum Gasteiger partial charge on any atom is -0.457 e. The number of amides is 2. The van der Waals surface area contributed by atoms with Crippen LogP contribution >= 0.6 is 12.2 Å². The van der Waals surface area contributed by atoms with Gasteiger partial charge in [0.25, 0.3) is 11.8 Å². The van der Waals surface area contributed by atoms with E-state index in [1.807, 2.05) is 25.1 Å². The SMILES string of the molecule is CCc1ccccc1N1C(=O)/C(=C/c2ccc(-c3ccc(F)cc3)o2)C(=O)NC1=S. The molecular weight excluding hydrogens is 403 g/mol. The number of thiocarbonyl (C=S) groups is 1. The lowest BCUT2D eigenvalue weighted by molar-refractivity contribution is -0.122. The van der Waals surface area contributed by atoms with Gasteiger partial charge in [0.1, 0.15) is 22.9 Å². The van der Waals surface area contributed by atoms with E-state index in [1.165, 1.54) is 23.1 Å². The van der Waals surface area contributed by atoms with Gasteiger partial charge < -0.3 is 4.42 Å². The summed E-state index contributed by atoms with van der Waals surface area (Å²) >= 11 is 5.26. The molecule has 1 N–H and O–H groups in total. The van der Waals surface area contributed by atoms with Crippen LogP contribution < -0.4 is 10.2 Å². The number of anilines is 1. The van der Waals surface area contributed by atoms with E-state index in [0.29, 0.717) is 29.2 Å². The van der Waals surface area contributed by atoms with Crippen molar-refractivity contribution in [1.29, 1.82) is 0 Å². The summed E-state index contributed by atoms with van der Waals surface area (Å²) in [7, 11) is 0. The molecule has 2 amide bonds. The molecule has 0 radical (unpaired) electrons. The summed E-state index contributed by atoms with van der Waals surface area (Å²) in [6, 6.07) is 16.6. The Morgan fingerprint density at radius 3 is 2.53 bits per heavy atom. The third-order valence-electron chi connectivity index (χ3n) is 4.76. The zero-order valence-corrected chi connectivity index (χ0v) is 16.8. The highest BCUT2D eigenvalue weighted by molar-refractivity contribution is 7.80. The Morgan fingerprint density at radius 2 is 1.80 bits per heavy atom. The molecule has 0 spiro atoms. The van der Waals surface area contributed by atoms with Crippen molar-refractivity contribution in [3.8, 4) is 11.3 Å². The quantitative estimate of drug-likeness (QED) is 0.384. The summed E-state index contributed by atoms with van der Waals surface area (Å²) < 4.78 is 18.9. The number of hydrogen-bond acceptors (Lipinski definition) is 4. The van der Waals surface area contributed by atoms with Gasteiger partial charge in [-0.3, -0.25) is 19.8 Å². The van der Waals surface area contributed by atoms with Crippen molar-refractivity contribution in [1.82, 2.24) is 5.32 Å². The lowest BCUT2D eigenvalue weighted by atomic mass is 10.1. The van der Waals surface area contributed by atoms with E-state index in [0.717, 1.165) is 5.56 Å². The van der Waals surface area contributed by atoms with Gasteiger partial charge in [0.05, 0.1) is 5.69 Å². The second-order valence-corrected chi connectivity index (χ2v) is 7.04. The van der Waals surface area contributed by atoms with Gasteiger partial charge in [-0.15, -0.1) is 0 Å². The number of carbonyl (C=O) groups is 2. The number of rotatable bonds is 4. The molecule has 2 heterocycles. The van der Waals surface area contributed by atoms with Crippen molar-refractivity contribution in [3.63, 3.8) is 0 Å². The predicted octanol–water partition coefficient (Wildman–Crippen LogP) is 4.48. The predicted molar refractivity (Wildman–Crippen MR) is 116 cm³/mol. The minimum atomic E-state index is -0.588. The zero-order valence-electron chi connectivity index (χ0n) is 16.0. The fourth-order valence-electron chi connectivity index (χ4n) is 3.25. The van der Waals surface area contributed by atoms with Crippen LogP contribution in [0.5, 0.6) is 0 Å². The molecule has 0 bridgehead atoms. The summed E-state index contributed by atoms with van der Waals surface area (Å²) in [5.74, 6) is -0.640. The average Bonchev–Trinajstić information content (AvgIpc) is 3.20. The molecule has 4 rings (SSSR count). The number of halogens is 1. The number of furan rings is 1. The second-order valence-electron chi connectivity index (χ2n) is 6.65. The van der Waals surface area contributed by atoms with Crippen LogP contribution in [0.15, 0.2) is 70.7 Å². The van der Waals surface area contributed by atoms with E-state index < -0.39 is 11.8 Å². The van der Waals surface area contributed by atoms with Crippen LogP contribution in [-0.2, 0) is 16.0 Å². The molecule has 1 aliphatic heterocycles. The molecule has 1 aliphatic rings. The van der Waals surface area contributed by atoms with E-state index in [-0.39, 0.29) is 16.5 Å². The molecule has 0 unspecified atom stereocenters. The van der Waals surface area contributed by atoms with Crippen LogP contribution in [0.2, 0.25) is 0 Å². The smallest absolute Gasteiger partial charge is 0.270 e. The largest absolute Gasteiger partial charge is 0.457 e. The lowest BCUT2D eigenvalue weighted by Crippen LogP contribution is -2.54. The molecule has 3 aromatic rings. The maximum atomic E-state index is 13.2. The first-order chi connectivity index (χ1) is 14.5. The Morgan fingerprint density at radius 1 is 1.07 bits per heavy atom. The second kappa shape index (κ2) is 8.04. The Balaban J connectivity index is 1.69. The van der Waals surface area contributed by atoms with Gasteiger partial charge in [-0.1, -0.05) is 25.1 Å². The van der Waals surface area contributed by atoms with Gasteiger partial charge in [-0.2, -0.15) is 0 Å². The number of para-hydroxylation sites is 1. The summed E-state index contributed by atoms with van der Waals surface area (Å²) in [5.41, 5.74) is 2.15. The maximum absolute atomic E-state index is 13.2. The fraction of sp³-hybridized carbons (Fsp3) is 0.0870. The van der Waals surface area contributed by atoms with Gasteiger partial charge in [-0.25, -0.2) is 4.39 Å². The van der Waals surface area contributed by atoms with E-state index in [9.17, 15) is 14.0 Å². The van der Waals surface area contributed by atoms with Crippen LogP contribution in [0.1, 0.15) is 18.2 Å². The molecule has 30 heavy (non-hydrogen) atoms. The molecule has 1 aromatic heterocycles. The number of benzene rings is 2.